The lowest BCUT2D eigenvalue weighted by Crippen LogP contribution is -2.07. The van der Waals surface area contributed by atoms with E-state index in [2.05, 4.69) is 15.4 Å². The summed E-state index contributed by atoms with van der Waals surface area (Å²) in [6, 6.07) is 9.14. The van der Waals surface area contributed by atoms with E-state index in [-0.39, 0.29) is 5.69 Å². The molecule has 0 aliphatic heterocycles. The maximum atomic E-state index is 12.6. The first-order chi connectivity index (χ1) is 12.7. The normalized spacial score (nSPS) is 11.4. The molecular weight excluding hydrogens is 363 g/mol. The lowest BCUT2D eigenvalue weighted by atomic mass is 10.2. The minimum atomic E-state index is -4.48. The summed E-state index contributed by atoms with van der Waals surface area (Å²) >= 11 is 0. The van der Waals surface area contributed by atoms with Crippen molar-refractivity contribution in [2.24, 2.45) is 0 Å². The van der Waals surface area contributed by atoms with Crippen LogP contribution >= 0.6 is 0 Å². The van der Waals surface area contributed by atoms with Crippen LogP contribution in [0.1, 0.15) is 16.8 Å². The molecule has 0 aliphatic rings. The molecule has 2 heterocycles. The molecule has 0 bridgehead atoms. The molecule has 0 aliphatic carbocycles. The van der Waals surface area contributed by atoms with Gasteiger partial charge in [-0.1, -0.05) is 12.1 Å². The number of aryl methyl sites for hydroxylation is 1. The Morgan fingerprint density at radius 2 is 1.93 bits per heavy atom. The van der Waals surface area contributed by atoms with Crippen molar-refractivity contribution in [3.05, 3.63) is 75.7 Å². The van der Waals surface area contributed by atoms with Crippen LogP contribution in [0.2, 0.25) is 0 Å². The summed E-state index contributed by atoms with van der Waals surface area (Å²) in [7, 11) is 0. The maximum Gasteiger partial charge on any atom is 0.435 e. The average molecular weight is 377 g/mol. The number of nitrogens with zero attached hydrogens (tertiary/aromatic N) is 4. The monoisotopic (exact) mass is 377 g/mol. The number of rotatable bonds is 5. The zero-order chi connectivity index (χ0) is 19.6. The number of alkyl halides is 3. The second-order valence-electron chi connectivity index (χ2n) is 5.78. The van der Waals surface area contributed by atoms with E-state index in [0.29, 0.717) is 23.6 Å². The van der Waals surface area contributed by atoms with Gasteiger partial charge in [0.25, 0.3) is 5.69 Å². The zero-order valence-electron chi connectivity index (χ0n) is 14.1. The number of benzene rings is 1. The quantitative estimate of drug-likeness (QED) is 0.534. The molecule has 0 atom stereocenters. The standard InChI is InChI=1S/C17H14F3N5O2/c1-11-8-14(25(26)27)10-22-16(11)21-9-12-2-4-13(5-3-12)24-7-6-15(23-24)17(18,19)20/h2-8,10H,9H2,1H3,(H,21,22). The molecule has 27 heavy (non-hydrogen) atoms. The Balaban J connectivity index is 1.68. The summed E-state index contributed by atoms with van der Waals surface area (Å²) < 4.78 is 39.0. The van der Waals surface area contributed by atoms with Gasteiger partial charge >= 0.3 is 6.18 Å². The highest BCUT2D eigenvalue weighted by Gasteiger charge is 2.33. The molecule has 0 saturated carbocycles. The third-order valence-electron chi connectivity index (χ3n) is 3.82. The Labute approximate surface area is 151 Å². The van der Waals surface area contributed by atoms with E-state index in [1.54, 1.807) is 31.2 Å². The van der Waals surface area contributed by atoms with Crippen LogP contribution in [0.4, 0.5) is 24.7 Å². The second kappa shape index (κ2) is 7.06. The van der Waals surface area contributed by atoms with E-state index in [0.717, 1.165) is 16.3 Å². The van der Waals surface area contributed by atoms with E-state index in [4.69, 9.17) is 0 Å². The minimum absolute atomic E-state index is 0.0835. The number of nitro groups is 1. The van der Waals surface area contributed by atoms with Crippen molar-refractivity contribution in [2.45, 2.75) is 19.6 Å². The van der Waals surface area contributed by atoms with Crippen molar-refractivity contribution in [2.75, 3.05) is 5.32 Å². The lowest BCUT2D eigenvalue weighted by Gasteiger charge is -2.09. The van der Waals surface area contributed by atoms with Gasteiger partial charge in [0.05, 0.1) is 10.6 Å². The summed E-state index contributed by atoms with van der Waals surface area (Å²) in [6.45, 7) is 2.11. The van der Waals surface area contributed by atoms with Gasteiger partial charge in [0.15, 0.2) is 5.69 Å². The number of anilines is 1. The van der Waals surface area contributed by atoms with Crippen LogP contribution in [0, 0.1) is 17.0 Å². The van der Waals surface area contributed by atoms with Crippen molar-refractivity contribution in [3.8, 4) is 5.69 Å². The number of pyridine rings is 1. The van der Waals surface area contributed by atoms with Gasteiger partial charge in [-0.05, 0) is 36.2 Å². The number of halogens is 3. The Hall–Kier alpha value is -3.43. The van der Waals surface area contributed by atoms with Crippen LogP contribution in [0.5, 0.6) is 0 Å². The molecule has 0 spiro atoms. The molecule has 0 fully saturated rings. The van der Waals surface area contributed by atoms with Crippen molar-refractivity contribution < 1.29 is 18.1 Å². The summed E-state index contributed by atoms with van der Waals surface area (Å²) in [5.74, 6) is 0.520. The van der Waals surface area contributed by atoms with Gasteiger partial charge in [0.1, 0.15) is 12.0 Å². The van der Waals surface area contributed by atoms with Crippen LogP contribution in [0.25, 0.3) is 5.69 Å². The fourth-order valence-corrected chi connectivity index (χ4v) is 2.42. The molecule has 1 N–H and O–H groups in total. The molecule has 3 aromatic rings. The molecule has 0 saturated heterocycles. The second-order valence-corrected chi connectivity index (χ2v) is 5.78. The Morgan fingerprint density at radius 3 is 2.48 bits per heavy atom. The smallest absolute Gasteiger partial charge is 0.366 e. The molecule has 0 amide bonds. The molecule has 1 aromatic carbocycles. The van der Waals surface area contributed by atoms with Gasteiger partial charge in [0.2, 0.25) is 0 Å². The highest BCUT2D eigenvalue weighted by Crippen LogP contribution is 2.28. The van der Waals surface area contributed by atoms with Gasteiger partial charge < -0.3 is 5.32 Å². The molecule has 3 rings (SSSR count). The lowest BCUT2D eigenvalue weighted by molar-refractivity contribution is -0.385. The fourth-order valence-electron chi connectivity index (χ4n) is 2.42. The number of hydrogen-bond acceptors (Lipinski definition) is 5. The Bertz CT molecular complexity index is 967. The summed E-state index contributed by atoms with van der Waals surface area (Å²) in [5.41, 5.74) is 0.963. The number of aromatic nitrogens is 3. The molecule has 0 radical (unpaired) electrons. The van der Waals surface area contributed by atoms with Crippen LogP contribution < -0.4 is 5.32 Å². The number of nitrogens with one attached hydrogen (secondary N) is 1. The highest BCUT2D eigenvalue weighted by atomic mass is 19.4. The van der Waals surface area contributed by atoms with Crippen molar-refractivity contribution >= 4 is 11.5 Å². The molecule has 10 heteroatoms. The molecule has 2 aromatic heterocycles. The van der Waals surface area contributed by atoms with Crippen molar-refractivity contribution in [3.63, 3.8) is 0 Å². The van der Waals surface area contributed by atoms with Gasteiger partial charge in [-0.3, -0.25) is 10.1 Å². The van der Waals surface area contributed by atoms with Crippen LogP contribution in [-0.4, -0.2) is 19.7 Å². The first-order valence-electron chi connectivity index (χ1n) is 7.81. The molecule has 140 valence electrons. The van der Waals surface area contributed by atoms with Gasteiger partial charge in [-0.25, -0.2) is 9.67 Å². The molecular formula is C17H14F3N5O2. The SMILES string of the molecule is Cc1cc([N+](=O)[O-])cnc1NCc1ccc(-n2ccc(C(F)(F)F)n2)cc1. The summed E-state index contributed by atoms with van der Waals surface area (Å²) in [6.07, 6.45) is -2.06. The third-order valence-corrected chi connectivity index (χ3v) is 3.82. The number of hydrogen-bond donors (Lipinski definition) is 1. The Morgan fingerprint density at radius 1 is 1.22 bits per heavy atom. The molecule has 7 nitrogen and oxygen atoms in total. The predicted octanol–water partition coefficient (Wildman–Crippen LogP) is 4.11. The fraction of sp³-hybridized carbons (Fsp3) is 0.176. The summed E-state index contributed by atoms with van der Waals surface area (Å²) in [5, 5.41) is 17.3. The zero-order valence-corrected chi connectivity index (χ0v) is 14.1. The van der Waals surface area contributed by atoms with Gasteiger partial charge in [-0.2, -0.15) is 18.3 Å². The van der Waals surface area contributed by atoms with E-state index in [1.807, 2.05) is 0 Å². The minimum Gasteiger partial charge on any atom is -0.366 e. The van der Waals surface area contributed by atoms with Crippen LogP contribution in [-0.2, 0) is 12.7 Å². The van der Waals surface area contributed by atoms with Crippen LogP contribution in [0.3, 0.4) is 0 Å². The first-order valence-corrected chi connectivity index (χ1v) is 7.81. The largest absolute Gasteiger partial charge is 0.435 e. The van der Waals surface area contributed by atoms with Crippen LogP contribution in [0.15, 0.2) is 48.8 Å². The predicted molar refractivity (Wildman–Crippen MR) is 91.5 cm³/mol. The van der Waals surface area contributed by atoms with Crippen molar-refractivity contribution in [1.29, 1.82) is 0 Å². The highest BCUT2D eigenvalue weighted by molar-refractivity contribution is 5.48. The van der Waals surface area contributed by atoms with Gasteiger partial charge in [0, 0.05) is 18.8 Å². The molecule has 0 unspecified atom stereocenters. The maximum absolute atomic E-state index is 12.6. The third kappa shape index (κ3) is 4.22. The van der Waals surface area contributed by atoms with E-state index in [1.165, 1.54) is 18.5 Å². The topological polar surface area (TPSA) is 85.9 Å². The van der Waals surface area contributed by atoms with Gasteiger partial charge in [-0.15, -0.1) is 0 Å². The average Bonchev–Trinajstić information content (AvgIpc) is 3.11. The van der Waals surface area contributed by atoms with E-state index >= 15 is 0 Å². The van der Waals surface area contributed by atoms with E-state index in [9.17, 15) is 23.3 Å². The van der Waals surface area contributed by atoms with Crippen molar-refractivity contribution in [1.82, 2.24) is 14.8 Å². The summed E-state index contributed by atoms with van der Waals surface area (Å²) in [4.78, 5) is 14.2. The van der Waals surface area contributed by atoms with E-state index < -0.39 is 16.8 Å². The Kier molecular flexibility index (Phi) is 4.80. The first kappa shape index (κ1) is 18.4.